The van der Waals surface area contributed by atoms with Crippen LogP contribution in [0.4, 0.5) is 14.5 Å². The Morgan fingerprint density at radius 2 is 1.87 bits per heavy atom. The second-order valence-corrected chi connectivity index (χ2v) is 7.23. The van der Waals surface area contributed by atoms with Gasteiger partial charge >= 0.3 is 0 Å². The summed E-state index contributed by atoms with van der Waals surface area (Å²) in [6, 6.07) is 14.3. The van der Waals surface area contributed by atoms with Gasteiger partial charge in [0.25, 0.3) is 5.91 Å². The van der Waals surface area contributed by atoms with Crippen LogP contribution in [-0.4, -0.2) is 43.0 Å². The fraction of sp³-hybridized carbons (Fsp3) is 0.250. The Labute approximate surface area is 180 Å². The number of pyridine rings is 1. The van der Waals surface area contributed by atoms with E-state index in [1.54, 1.807) is 48.4 Å². The fourth-order valence-electron chi connectivity index (χ4n) is 3.19. The maximum atomic E-state index is 14.1. The van der Waals surface area contributed by atoms with Gasteiger partial charge in [-0.05, 0) is 36.8 Å². The number of carbonyl (C=O) groups is 1. The van der Waals surface area contributed by atoms with Crippen LogP contribution < -0.4 is 9.64 Å². The minimum atomic E-state index is -0.488. The highest BCUT2D eigenvalue weighted by molar-refractivity contribution is 5.93. The molecule has 0 saturated carbocycles. The first-order chi connectivity index (χ1) is 15.0. The van der Waals surface area contributed by atoms with Crippen LogP contribution in [0.5, 0.6) is 5.75 Å². The molecule has 3 aromatic rings. The molecule has 0 aliphatic rings. The highest BCUT2D eigenvalue weighted by atomic mass is 19.1. The number of para-hydroxylation sites is 1. The number of carbonyl (C=O) groups excluding carboxylic acids is 1. The zero-order valence-electron chi connectivity index (χ0n) is 17.6. The van der Waals surface area contributed by atoms with Crippen molar-refractivity contribution in [2.45, 2.75) is 13.0 Å². The molecule has 1 aromatic heterocycles. The summed E-state index contributed by atoms with van der Waals surface area (Å²) in [4.78, 5) is 19.6. The summed E-state index contributed by atoms with van der Waals surface area (Å²) in [6.07, 6.45) is 3.82. The van der Waals surface area contributed by atoms with Gasteiger partial charge in [-0.15, -0.1) is 0 Å². The van der Waals surface area contributed by atoms with Crippen LogP contribution >= 0.6 is 0 Å². The monoisotopic (exact) mass is 425 g/mol. The SMILES string of the molecule is CN(CCCOc1ccccc1CN(C)c1cc(F)ccc1F)C(=O)c1cccnc1. The number of hydrogen-bond acceptors (Lipinski definition) is 4. The van der Waals surface area contributed by atoms with Gasteiger partial charge in [-0.25, -0.2) is 8.78 Å². The summed E-state index contributed by atoms with van der Waals surface area (Å²) >= 11 is 0. The zero-order valence-corrected chi connectivity index (χ0v) is 17.6. The van der Waals surface area contributed by atoms with Crippen molar-refractivity contribution < 1.29 is 18.3 Å². The predicted molar refractivity (Wildman–Crippen MR) is 116 cm³/mol. The first kappa shape index (κ1) is 22.2. The average Bonchev–Trinajstić information content (AvgIpc) is 2.79. The average molecular weight is 425 g/mol. The maximum absolute atomic E-state index is 14.1. The molecule has 0 N–H and O–H groups in total. The third-order valence-electron chi connectivity index (χ3n) is 4.85. The Bertz CT molecular complexity index is 1010. The first-order valence-electron chi connectivity index (χ1n) is 9.98. The fourth-order valence-corrected chi connectivity index (χ4v) is 3.19. The molecule has 3 rings (SSSR count). The predicted octanol–water partition coefficient (Wildman–Crippen LogP) is 4.54. The van der Waals surface area contributed by atoms with E-state index in [-0.39, 0.29) is 11.6 Å². The number of ether oxygens (including phenoxy) is 1. The van der Waals surface area contributed by atoms with Crippen LogP contribution in [0.25, 0.3) is 0 Å². The Morgan fingerprint density at radius 1 is 1.06 bits per heavy atom. The molecular weight excluding hydrogens is 400 g/mol. The van der Waals surface area contributed by atoms with Gasteiger partial charge in [0.05, 0.1) is 17.9 Å². The standard InChI is InChI=1S/C24H25F2N3O2/c1-28(24(30)18-8-5-12-27-16-18)13-6-14-31-23-9-4-3-7-19(23)17-29(2)22-15-20(25)10-11-21(22)26/h3-5,7-12,15-16H,6,13-14,17H2,1-2H3. The van der Waals surface area contributed by atoms with Crippen molar-refractivity contribution in [2.75, 3.05) is 32.1 Å². The van der Waals surface area contributed by atoms with Gasteiger partial charge in [-0.3, -0.25) is 9.78 Å². The summed E-state index contributed by atoms with van der Waals surface area (Å²) in [5.74, 6) is -0.388. The second kappa shape index (κ2) is 10.5. The second-order valence-electron chi connectivity index (χ2n) is 7.23. The molecule has 0 aliphatic heterocycles. The molecular formula is C24H25F2N3O2. The van der Waals surface area contributed by atoms with Crippen molar-refractivity contribution in [3.05, 3.63) is 89.8 Å². The molecule has 0 spiro atoms. The lowest BCUT2D eigenvalue weighted by Crippen LogP contribution is -2.28. The van der Waals surface area contributed by atoms with E-state index >= 15 is 0 Å². The van der Waals surface area contributed by atoms with Crippen LogP contribution in [0.2, 0.25) is 0 Å². The number of amides is 1. The molecule has 1 amide bonds. The van der Waals surface area contributed by atoms with Gasteiger partial charge < -0.3 is 14.5 Å². The number of aromatic nitrogens is 1. The van der Waals surface area contributed by atoms with Gasteiger partial charge in [0.15, 0.2) is 0 Å². The quantitative estimate of drug-likeness (QED) is 0.473. The van der Waals surface area contributed by atoms with Crippen molar-refractivity contribution in [3.63, 3.8) is 0 Å². The van der Waals surface area contributed by atoms with E-state index in [4.69, 9.17) is 4.74 Å². The van der Waals surface area contributed by atoms with Gasteiger partial charge in [0.2, 0.25) is 0 Å². The van der Waals surface area contributed by atoms with E-state index in [0.29, 0.717) is 37.4 Å². The number of anilines is 1. The van der Waals surface area contributed by atoms with E-state index in [1.807, 2.05) is 24.3 Å². The zero-order chi connectivity index (χ0) is 22.2. The third kappa shape index (κ3) is 6.01. The normalized spacial score (nSPS) is 10.6. The topological polar surface area (TPSA) is 45.7 Å². The van der Waals surface area contributed by atoms with Crippen LogP contribution in [0.15, 0.2) is 67.0 Å². The summed E-state index contributed by atoms with van der Waals surface area (Å²) in [7, 11) is 3.44. The molecule has 0 bridgehead atoms. The first-order valence-corrected chi connectivity index (χ1v) is 9.98. The molecule has 2 aromatic carbocycles. The highest BCUT2D eigenvalue weighted by Gasteiger charge is 2.13. The number of rotatable bonds is 9. The summed E-state index contributed by atoms with van der Waals surface area (Å²) < 4.78 is 33.5. The molecule has 0 aliphatic carbocycles. The van der Waals surface area contributed by atoms with Crippen molar-refractivity contribution in [3.8, 4) is 5.75 Å². The van der Waals surface area contributed by atoms with Gasteiger partial charge in [0, 0.05) is 51.2 Å². The molecule has 0 saturated heterocycles. The highest BCUT2D eigenvalue weighted by Crippen LogP contribution is 2.25. The largest absolute Gasteiger partial charge is 0.493 e. The smallest absolute Gasteiger partial charge is 0.255 e. The maximum Gasteiger partial charge on any atom is 0.255 e. The lowest BCUT2D eigenvalue weighted by molar-refractivity contribution is 0.0787. The van der Waals surface area contributed by atoms with E-state index < -0.39 is 11.6 Å². The Hall–Kier alpha value is -3.48. The molecule has 0 radical (unpaired) electrons. The Balaban J connectivity index is 1.55. The van der Waals surface area contributed by atoms with Crippen LogP contribution in [0.3, 0.4) is 0 Å². The van der Waals surface area contributed by atoms with Gasteiger partial charge in [0.1, 0.15) is 17.4 Å². The number of nitrogens with zero attached hydrogens (tertiary/aromatic N) is 3. The van der Waals surface area contributed by atoms with Crippen molar-refractivity contribution >= 4 is 11.6 Å². The summed E-state index contributed by atoms with van der Waals surface area (Å²) in [5, 5.41) is 0. The Kier molecular flexibility index (Phi) is 7.54. The molecule has 162 valence electrons. The molecule has 31 heavy (non-hydrogen) atoms. The minimum Gasteiger partial charge on any atom is -0.493 e. The molecule has 0 fully saturated rings. The van der Waals surface area contributed by atoms with E-state index in [2.05, 4.69) is 4.98 Å². The summed E-state index contributed by atoms with van der Waals surface area (Å²) in [5.41, 5.74) is 1.59. The third-order valence-corrected chi connectivity index (χ3v) is 4.85. The van der Waals surface area contributed by atoms with Crippen LogP contribution in [0.1, 0.15) is 22.3 Å². The number of hydrogen-bond donors (Lipinski definition) is 0. The van der Waals surface area contributed by atoms with Crippen molar-refractivity contribution in [1.82, 2.24) is 9.88 Å². The van der Waals surface area contributed by atoms with E-state index in [0.717, 1.165) is 17.7 Å². The van der Waals surface area contributed by atoms with Crippen molar-refractivity contribution in [1.29, 1.82) is 0 Å². The molecule has 0 atom stereocenters. The molecule has 5 nitrogen and oxygen atoms in total. The summed E-state index contributed by atoms with van der Waals surface area (Å²) in [6.45, 7) is 1.31. The number of halogens is 2. The van der Waals surface area contributed by atoms with E-state index in [1.165, 1.54) is 6.07 Å². The van der Waals surface area contributed by atoms with E-state index in [9.17, 15) is 13.6 Å². The van der Waals surface area contributed by atoms with Crippen LogP contribution in [-0.2, 0) is 6.54 Å². The molecule has 1 heterocycles. The molecule has 7 heteroatoms. The lowest BCUT2D eigenvalue weighted by atomic mass is 10.1. The lowest BCUT2D eigenvalue weighted by Gasteiger charge is -2.22. The van der Waals surface area contributed by atoms with Crippen LogP contribution in [0, 0.1) is 11.6 Å². The van der Waals surface area contributed by atoms with Crippen molar-refractivity contribution in [2.24, 2.45) is 0 Å². The Morgan fingerprint density at radius 3 is 2.65 bits per heavy atom. The minimum absolute atomic E-state index is 0.0905. The number of benzene rings is 2. The van der Waals surface area contributed by atoms with Gasteiger partial charge in [-0.2, -0.15) is 0 Å². The molecule has 0 unspecified atom stereocenters. The van der Waals surface area contributed by atoms with Gasteiger partial charge in [-0.1, -0.05) is 18.2 Å².